The zero-order valence-corrected chi connectivity index (χ0v) is 20.7. The van der Waals surface area contributed by atoms with E-state index in [1.165, 1.54) is 6.33 Å². The Kier molecular flexibility index (Phi) is 5.73. The number of benzene rings is 4. The molecule has 0 saturated heterocycles. The molecule has 6 rings (SSSR count). The van der Waals surface area contributed by atoms with E-state index in [4.69, 9.17) is 18.9 Å². The zero-order chi connectivity index (χ0) is 25.4. The molecule has 2 heterocycles. The third-order valence-corrected chi connectivity index (χ3v) is 6.65. The molecule has 1 unspecified atom stereocenters. The Morgan fingerprint density at radius 3 is 2.38 bits per heavy atom. The summed E-state index contributed by atoms with van der Waals surface area (Å²) in [6.45, 7) is 0. The standard InChI is InChI=1S/C30H25N3O4/c1-34-21-12-10-20(11-13-21)33-29-27-26(19-9-15-24(35-2)25(16-19)36-3)23-14-8-18-6-4-5-7-22(18)28(23)37-30(27)32-17-31-29/h4-17,26H,1-3H3,(H,31,32,33). The van der Waals surface area contributed by atoms with Crippen molar-refractivity contribution in [1.82, 2.24) is 9.97 Å². The van der Waals surface area contributed by atoms with Gasteiger partial charge in [0.05, 0.1) is 26.9 Å². The van der Waals surface area contributed by atoms with E-state index in [9.17, 15) is 0 Å². The number of rotatable bonds is 6. The van der Waals surface area contributed by atoms with Gasteiger partial charge in [-0.05, 0) is 47.3 Å². The first kappa shape index (κ1) is 22.7. The topological polar surface area (TPSA) is 74.7 Å². The lowest BCUT2D eigenvalue weighted by Gasteiger charge is -2.30. The SMILES string of the molecule is COc1ccc(Nc2ncnc3c2C(c2ccc(OC)c(OC)c2)c2ccc4ccccc4c2O3)cc1. The van der Waals surface area contributed by atoms with Crippen LogP contribution in [0.3, 0.4) is 0 Å². The first-order chi connectivity index (χ1) is 18.2. The van der Waals surface area contributed by atoms with Crippen molar-refractivity contribution in [2.24, 2.45) is 0 Å². The summed E-state index contributed by atoms with van der Waals surface area (Å²) in [6.07, 6.45) is 1.52. The first-order valence-corrected chi connectivity index (χ1v) is 11.9. The highest BCUT2D eigenvalue weighted by atomic mass is 16.5. The fraction of sp³-hybridized carbons (Fsp3) is 0.133. The van der Waals surface area contributed by atoms with E-state index < -0.39 is 0 Å². The number of hydrogen-bond acceptors (Lipinski definition) is 7. The monoisotopic (exact) mass is 491 g/mol. The highest BCUT2D eigenvalue weighted by Crippen LogP contribution is 2.52. The summed E-state index contributed by atoms with van der Waals surface area (Å²) < 4.78 is 22.9. The van der Waals surface area contributed by atoms with Crippen molar-refractivity contribution in [2.75, 3.05) is 26.6 Å². The maximum Gasteiger partial charge on any atom is 0.228 e. The van der Waals surface area contributed by atoms with Crippen molar-refractivity contribution >= 4 is 22.3 Å². The molecule has 5 aromatic rings. The van der Waals surface area contributed by atoms with Crippen LogP contribution in [-0.4, -0.2) is 31.3 Å². The summed E-state index contributed by atoms with van der Waals surface area (Å²) in [4.78, 5) is 9.19. The van der Waals surface area contributed by atoms with Gasteiger partial charge in [0, 0.05) is 22.6 Å². The molecule has 0 aliphatic carbocycles. The Morgan fingerprint density at radius 2 is 1.59 bits per heavy atom. The van der Waals surface area contributed by atoms with Crippen LogP contribution in [-0.2, 0) is 0 Å². The molecular formula is C30H25N3O4. The fourth-order valence-electron chi connectivity index (χ4n) is 4.86. The summed E-state index contributed by atoms with van der Waals surface area (Å²) in [7, 11) is 4.92. The molecule has 184 valence electrons. The van der Waals surface area contributed by atoms with Gasteiger partial charge in [0.25, 0.3) is 0 Å². The number of nitrogens with zero attached hydrogens (tertiary/aromatic N) is 2. The van der Waals surface area contributed by atoms with Gasteiger partial charge in [0.15, 0.2) is 11.5 Å². The van der Waals surface area contributed by atoms with Gasteiger partial charge in [-0.15, -0.1) is 0 Å². The molecule has 1 aliphatic heterocycles. The zero-order valence-electron chi connectivity index (χ0n) is 20.7. The van der Waals surface area contributed by atoms with Crippen LogP contribution >= 0.6 is 0 Å². The van der Waals surface area contributed by atoms with Crippen LogP contribution in [0, 0.1) is 0 Å². The second-order valence-corrected chi connectivity index (χ2v) is 8.65. The van der Waals surface area contributed by atoms with E-state index >= 15 is 0 Å². The smallest absolute Gasteiger partial charge is 0.228 e. The maximum atomic E-state index is 6.49. The molecule has 7 nitrogen and oxygen atoms in total. The minimum absolute atomic E-state index is 0.217. The average molecular weight is 492 g/mol. The van der Waals surface area contributed by atoms with E-state index in [-0.39, 0.29) is 5.92 Å². The Balaban J connectivity index is 1.56. The van der Waals surface area contributed by atoms with E-state index in [1.807, 2.05) is 54.6 Å². The van der Waals surface area contributed by atoms with Crippen molar-refractivity contribution in [3.8, 4) is 28.9 Å². The van der Waals surface area contributed by atoms with Crippen molar-refractivity contribution in [2.45, 2.75) is 5.92 Å². The summed E-state index contributed by atoms with van der Waals surface area (Å²) in [6, 6.07) is 26.1. The van der Waals surface area contributed by atoms with Crippen molar-refractivity contribution in [1.29, 1.82) is 0 Å². The average Bonchev–Trinajstić information content (AvgIpc) is 2.96. The number of ether oxygens (including phenoxy) is 4. The van der Waals surface area contributed by atoms with Gasteiger partial charge in [-0.25, -0.2) is 9.97 Å². The lowest BCUT2D eigenvalue weighted by Crippen LogP contribution is -2.16. The van der Waals surface area contributed by atoms with Crippen molar-refractivity contribution in [3.05, 3.63) is 102 Å². The van der Waals surface area contributed by atoms with E-state index in [0.29, 0.717) is 23.2 Å². The minimum atomic E-state index is -0.217. The van der Waals surface area contributed by atoms with Gasteiger partial charge in [-0.3, -0.25) is 0 Å². The minimum Gasteiger partial charge on any atom is -0.497 e. The lowest BCUT2D eigenvalue weighted by atomic mass is 9.82. The van der Waals surface area contributed by atoms with Gasteiger partial charge in [0.1, 0.15) is 23.6 Å². The van der Waals surface area contributed by atoms with Gasteiger partial charge < -0.3 is 24.3 Å². The molecule has 1 atom stereocenters. The molecule has 1 N–H and O–H groups in total. The molecule has 1 aliphatic rings. The number of anilines is 2. The molecule has 0 bridgehead atoms. The van der Waals surface area contributed by atoms with Crippen LogP contribution in [0.1, 0.15) is 22.6 Å². The van der Waals surface area contributed by atoms with Crippen LogP contribution < -0.4 is 24.3 Å². The van der Waals surface area contributed by atoms with Crippen LogP contribution in [0.2, 0.25) is 0 Å². The third kappa shape index (κ3) is 3.94. The fourth-order valence-corrected chi connectivity index (χ4v) is 4.86. The number of nitrogens with one attached hydrogen (secondary N) is 1. The lowest BCUT2D eigenvalue weighted by molar-refractivity contribution is 0.354. The van der Waals surface area contributed by atoms with E-state index in [1.54, 1.807) is 21.3 Å². The predicted octanol–water partition coefficient (Wildman–Crippen LogP) is 6.69. The highest BCUT2D eigenvalue weighted by Gasteiger charge is 2.34. The number of aromatic nitrogens is 2. The Bertz CT molecular complexity index is 1600. The predicted molar refractivity (Wildman–Crippen MR) is 143 cm³/mol. The second kappa shape index (κ2) is 9.35. The number of methoxy groups -OCH3 is 3. The molecule has 0 radical (unpaired) electrons. The first-order valence-electron chi connectivity index (χ1n) is 11.9. The maximum absolute atomic E-state index is 6.49. The van der Waals surface area contributed by atoms with Gasteiger partial charge >= 0.3 is 0 Å². The van der Waals surface area contributed by atoms with Crippen LogP contribution in [0.15, 0.2) is 85.2 Å². The molecule has 1 aromatic heterocycles. The Labute approximate surface area is 214 Å². The van der Waals surface area contributed by atoms with Crippen LogP contribution in [0.25, 0.3) is 10.8 Å². The Hall–Kier alpha value is -4.78. The third-order valence-electron chi connectivity index (χ3n) is 6.65. The van der Waals surface area contributed by atoms with Gasteiger partial charge in [-0.1, -0.05) is 42.5 Å². The number of fused-ring (bicyclic) bond motifs is 4. The summed E-state index contributed by atoms with van der Waals surface area (Å²) in [5.41, 5.74) is 3.74. The molecule has 0 amide bonds. The molecule has 0 spiro atoms. The molecule has 0 fully saturated rings. The largest absolute Gasteiger partial charge is 0.497 e. The van der Waals surface area contributed by atoms with E-state index in [2.05, 4.69) is 39.6 Å². The van der Waals surface area contributed by atoms with Gasteiger partial charge in [0.2, 0.25) is 5.88 Å². The normalized spacial score (nSPS) is 13.8. The molecular weight excluding hydrogens is 466 g/mol. The highest BCUT2D eigenvalue weighted by molar-refractivity contribution is 5.91. The Morgan fingerprint density at radius 1 is 0.784 bits per heavy atom. The van der Waals surface area contributed by atoms with Crippen molar-refractivity contribution in [3.63, 3.8) is 0 Å². The van der Waals surface area contributed by atoms with Crippen LogP contribution in [0.5, 0.6) is 28.9 Å². The van der Waals surface area contributed by atoms with Gasteiger partial charge in [-0.2, -0.15) is 0 Å². The summed E-state index contributed by atoms with van der Waals surface area (Å²) in [5.74, 6) is 3.84. The molecule has 4 aromatic carbocycles. The van der Waals surface area contributed by atoms with Crippen molar-refractivity contribution < 1.29 is 18.9 Å². The summed E-state index contributed by atoms with van der Waals surface area (Å²) >= 11 is 0. The van der Waals surface area contributed by atoms with E-state index in [0.717, 1.165) is 44.6 Å². The molecule has 7 heteroatoms. The quantitative estimate of drug-likeness (QED) is 0.278. The molecule has 0 saturated carbocycles. The second-order valence-electron chi connectivity index (χ2n) is 8.65. The molecule has 37 heavy (non-hydrogen) atoms. The van der Waals surface area contributed by atoms with Crippen LogP contribution in [0.4, 0.5) is 11.5 Å². The number of hydrogen-bond donors (Lipinski definition) is 1. The summed E-state index contributed by atoms with van der Waals surface area (Å²) in [5, 5.41) is 5.59.